The molecule has 78 valence electrons. The van der Waals surface area contributed by atoms with Crippen LogP contribution in [0, 0.1) is 0 Å². The third-order valence-electron chi connectivity index (χ3n) is 2.71. The van der Waals surface area contributed by atoms with Gasteiger partial charge >= 0.3 is 0 Å². The fourth-order valence-electron chi connectivity index (χ4n) is 1.87. The molecule has 16 heavy (non-hydrogen) atoms. The highest BCUT2D eigenvalue weighted by molar-refractivity contribution is 6.03. The van der Waals surface area contributed by atoms with Gasteiger partial charge in [0, 0.05) is 5.69 Å². The molecule has 0 aromatic heterocycles. The predicted molar refractivity (Wildman–Crippen MR) is 64.8 cm³/mol. The molecule has 0 radical (unpaired) electrons. The Bertz CT molecular complexity index is 589. The summed E-state index contributed by atoms with van der Waals surface area (Å²) in [7, 11) is 0. The lowest BCUT2D eigenvalue weighted by molar-refractivity contribution is -0.115. The summed E-state index contributed by atoms with van der Waals surface area (Å²) in [5.74, 6) is -0.0897. The van der Waals surface area contributed by atoms with Gasteiger partial charge in [0.15, 0.2) is 0 Å². The fourth-order valence-corrected chi connectivity index (χ4v) is 1.87. The van der Waals surface area contributed by atoms with E-state index in [1.807, 2.05) is 23.1 Å². The second kappa shape index (κ2) is 3.45. The van der Waals surface area contributed by atoms with Crippen LogP contribution in [0.3, 0.4) is 0 Å². The minimum atomic E-state index is -0.0897. The number of benzene rings is 2. The first-order chi connectivity index (χ1) is 7.83. The highest BCUT2D eigenvalue weighted by atomic mass is 16.1. The lowest BCUT2D eigenvalue weighted by Gasteiger charge is -2.13. The molecule has 0 unspecified atom stereocenters. The number of fused-ring (bicyclic) bond motifs is 1. The van der Waals surface area contributed by atoms with Gasteiger partial charge in [0.2, 0.25) is 0 Å². The van der Waals surface area contributed by atoms with E-state index in [9.17, 15) is 4.79 Å². The van der Waals surface area contributed by atoms with Gasteiger partial charge in [-0.05, 0) is 22.9 Å². The molecule has 0 aliphatic carbocycles. The topological polar surface area (TPSA) is 32.7 Å². The third kappa shape index (κ3) is 1.46. The van der Waals surface area contributed by atoms with E-state index >= 15 is 0 Å². The molecule has 0 saturated carbocycles. The van der Waals surface area contributed by atoms with Crippen LogP contribution in [-0.4, -0.2) is 18.8 Å². The van der Waals surface area contributed by atoms with Crippen LogP contribution in [0.1, 0.15) is 0 Å². The van der Waals surface area contributed by atoms with Crippen LogP contribution in [0.25, 0.3) is 10.8 Å². The van der Waals surface area contributed by atoms with E-state index in [0.29, 0.717) is 6.54 Å². The summed E-state index contributed by atoms with van der Waals surface area (Å²) in [5.41, 5.74) is 1.01. The maximum Gasteiger partial charge on any atom is 0.267 e. The zero-order valence-corrected chi connectivity index (χ0v) is 8.63. The number of nitrogens with zero attached hydrogens (tertiary/aromatic N) is 2. The van der Waals surface area contributed by atoms with Crippen LogP contribution >= 0.6 is 0 Å². The van der Waals surface area contributed by atoms with Crippen LogP contribution in [0.5, 0.6) is 0 Å². The van der Waals surface area contributed by atoms with E-state index in [2.05, 4.69) is 29.3 Å². The van der Waals surface area contributed by atoms with E-state index in [1.165, 1.54) is 10.8 Å². The minimum absolute atomic E-state index is 0.0897. The molecule has 1 heterocycles. The predicted octanol–water partition coefficient (Wildman–Crippen LogP) is 2.21. The average molecular weight is 210 g/mol. The van der Waals surface area contributed by atoms with E-state index in [-0.39, 0.29) is 5.91 Å². The number of anilines is 1. The van der Waals surface area contributed by atoms with Crippen LogP contribution in [0.2, 0.25) is 0 Å². The van der Waals surface area contributed by atoms with Crippen molar-refractivity contribution in [3.8, 4) is 0 Å². The number of hydrogen-bond donors (Lipinski definition) is 0. The van der Waals surface area contributed by atoms with Crippen LogP contribution in [0.4, 0.5) is 5.69 Å². The second-order valence-electron chi connectivity index (χ2n) is 3.80. The smallest absolute Gasteiger partial charge is 0.267 e. The fraction of sp³-hybridized carbons (Fsp3) is 0.0769. The number of amides is 1. The van der Waals surface area contributed by atoms with Gasteiger partial charge in [-0.2, -0.15) is 0 Å². The molecule has 3 rings (SSSR count). The van der Waals surface area contributed by atoms with Crippen LogP contribution in [0.15, 0.2) is 47.5 Å². The zero-order chi connectivity index (χ0) is 11.0. The van der Waals surface area contributed by atoms with Gasteiger partial charge in [0.05, 0.1) is 6.34 Å². The van der Waals surface area contributed by atoms with Crippen molar-refractivity contribution >= 4 is 28.7 Å². The van der Waals surface area contributed by atoms with Crippen molar-refractivity contribution in [3.63, 3.8) is 0 Å². The Morgan fingerprint density at radius 1 is 1.06 bits per heavy atom. The summed E-state index contributed by atoms with van der Waals surface area (Å²) in [4.78, 5) is 16.6. The number of aliphatic imine (C=N–C) groups is 1. The van der Waals surface area contributed by atoms with E-state index < -0.39 is 0 Å². The molecule has 0 N–H and O–H groups in total. The van der Waals surface area contributed by atoms with Gasteiger partial charge in [-0.25, -0.2) is 4.99 Å². The molecule has 0 bridgehead atoms. The Kier molecular flexibility index (Phi) is 1.96. The molecule has 0 fully saturated rings. The number of carbonyl (C=O) groups is 1. The molecule has 2 aromatic carbocycles. The molecular weight excluding hydrogens is 200 g/mol. The minimum Gasteiger partial charge on any atom is -0.323 e. The first-order valence-electron chi connectivity index (χ1n) is 5.15. The van der Waals surface area contributed by atoms with E-state index in [1.54, 1.807) is 6.34 Å². The molecule has 0 saturated heterocycles. The van der Waals surface area contributed by atoms with Crippen molar-refractivity contribution in [2.24, 2.45) is 4.99 Å². The summed E-state index contributed by atoms with van der Waals surface area (Å²) < 4.78 is 0. The van der Waals surface area contributed by atoms with Gasteiger partial charge in [-0.15, -0.1) is 0 Å². The Morgan fingerprint density at radius 3 is 2.62 bits per heavy atom. The quantitative estimate of drug-likeness (QED) is 0.723. The van der Waals surface area contributed by atoms with Gasteiger partial charge < -0.3 is 4.90 Å². The first-order valence-corrected chi connectivity index (χ1v) is 5.15. The molecule has 2 aromatic rings. The van der Waals surface area contributed by atoms with Crippen molar-refractivity contribution in [1.82, 2.24) is 0 Å². The van der Waals surface area contributed by atoms with E-state index in [4.69, 9.17) is 0 Å². The molecule has 3 nitrogen and oxygen atoms in total. The third-order valence-corrected chi connectivity index (χ3v) is 2.71. The summed E-state index contributed by atoms with van der Waals surface area (Å²) in [6.45, 7) is 0.346. The molecule has 1 amide bonds. The molecule has 1 aliphatic heterocycles. The summed E-state index contributed by atoms with van der Waals surface area (Å²) >= 11 is 0. The normalized spacial score (nSPS) is 15.0. The largest absolute Gasteiger partial charge is 0.323 e. The van der Waals surface area contributed by atoms with Crippen LogP contribution < -0.4 is 4.90 Å². The molecular formula is C13H10N2O. The van der Waals surface area contributed by atoms with Crippen LogP contribution in [-0.2, 0) is 4.79 Å². The Morgan fingerprint density at radius 2 is 1.88 bits per heavy atom. The SMILES string of the molecule is O=C1CN(c2ccc3ccccc3c2)C=N1. The lowest BCUT2D eigenvalue weighted by Crippen LogP contribution is -2.19. The highest BCUT2D eigenvalue weighted by Crippen LogP contribution is 2.22. The van der Waals surface area contributed by atoms with Crippen molar-refractivity contribution in [1.29, 1.82) is 0 Å². The summed E-state index contributed by atoms with van der Waals surface area (Å²) in [5, 5.41) is 2.38. The van der Waals surface area contributed by atoms with Crippen molar-refractivity contribution in [2.45, 2.75) is 0 Å². The number of hydrogen-bond acceptors (Lipinski definition) is 2. The zero-order valence-electron chi connectivity index (χ0n) is 8.63. The van der Waals surface area contributed by atoms with Gasteiger partial charge in [0.25, 0.3) is 5.91 Å². The van der Waals surface area contributed by atoms with Gasteiger partial charge in [0.1, 0.15) is 6.54 Å². The van der Waals surface area contributed by atoms with Crippen molar-refractivity contribution < 1.29 is 4.79 Å². The van der Waals surface area contributed by atoms with E-state index in [0.717, 1.165) is 5.69 Å². The maximum atomic E-state index is 11.1. The summed E-state index contributed by atoms with van der Waals surface area (Å²) in [6.07, 6.45) is 1.59. The van der Waals surface area contributed by atoms with Crippen molar-refractivity contribution in [2.75, 3.05) is 11.4 Å². The Balaban J connectivity index is 2.05. The lowest BCUT2D eigenvalue weighted by atomic mass is 10.1. The monoisotopic (exact) mass is 210 g/mol. The second-order valence-corrected chi connectivity index (χ2v) is 3.80. The van der Waals surface area contributed by atoms with Gasteiger partial charge in [-0.1, -0.05) is 30.3 Å². The molecule has 0 spiro atoms. The first kappa shape index (κ1) is 9.09. The average Bonchev–Trinajstić information content (AvgIpc) is 2.75. The number of carbonyl (C=O) groups excluding carboxylic acids is 1. The number of rotatable bonds is 1. The molecule has 3 heteroatoms. The van der Waals surface area contributed by atoms with Gasteiger partial charge in [-0.3, -0.25) is 4.79 Å². The van der Waals surface area contributed by atoms with Crippen molar-refractivity contribution in [3.05, 3.63) is 42.5 Å². The Hall–Kier alpha value is -2.16. The summed E-state index contributed by atoms with van der Waals surface area (Å²) in [6, 6.07) is 14.3. The maximum absolute atomic E-state index is 11.1. The Labute approximate surface area is 93.0 Å². The molecule has 1 aliphatic rings. The highest BCUT2D eigenvalue weighted by Gasteiger charge is 2.14. The standard InChI is InChI=1S/C13H10N2O/c16-13-8-15(9-14-13)12-6-5-10-3-1-2-4-11(10)7-12/h1-7,9H,8H2. The molecule has 0 atom stereocenters.